The van der Waals surface area contributed by atoms with Gasteiger partial charge < -0.3 is 9.88 Å². The third kappa shape index (κ3) is 3.72. The van der Waals surface area contributed by atoms with Crippen LogP contribution in [-0.2, 0) is 24.3 Å². The Morgan fingerprint density at radius 2 is 2.17 bits per heavy atom. The van der Waals surface area contributed by atoms with Crippen molar-refractivity contribution in [3.8, 4) is 0 Å². The van der Waals surface area contributed by atoms with Crippen molar-refractivity contribution < 1.29 is 14.0 Å². The molecule has 0 unspecified atom stereocenters. The molecule has 1 atom stereocenters. The first kappa shape index (κ1) is 19.1. The Labute approximate surface area is 167 Å². The molecule has 0 fully saturated rings. The van der Waals surface area contributed by atoms with Gasteiger partial charge >= 0.3 is 0 Å². The van der Waals surface area contributed by atoms with Gasteiger partial charge in [-0.15, -0.1) is 0 Å². The molecule has 9 heteroatoms. The first-order valence-electron chi connectivity index (χ1n) is 9.72. The molecule has 29 heavy (non-hydrogen) atoms. The number of nitrogens with zero attached hydrogens (tertiary/aromatic N) is 4. The van der Waals surface area contributed by atoms with Crippen LogP contribution in [0.5, 0.6) is 0 Å². The van der Waals surface area contributed by atoms with Gasteiger partial charge in [0.05, 0.1) is 28.5 Å². The summed E-state index contributed by atoms with van der Waals surface area (Å²) in [7, 11) is 0. The van der Waals surface area contributed by atoms with Crippen LogP contribution in [0.15, 0.2) is 24.4 Å². The molecule has 8 nitrogen and oxygen atoms in total. The zero-order valence-corrected chi connectivity index (χ0v) is 16.4. The number of imidazole rings is 1. The zero-order chi connectivity index (χ0) is 20.5. The summed E-state index contributed by atoms with van der Waals surface area (Å²) in [5, 5.41) is 10.0. The summed E-state index contributed by atoms with van der Waals surface area (Å²) in [4.78, 5) is 28.5. The molecule has 2 N–H and O–H groups in total. The van der Waals surface area contributed by atoms with Crippen molar-refractivity contribution in [2.24, 2.45) is 5.92 Å². The molecule has 2 amide bonds. The second-order valence-corrected chi connectivity index (χ2v) is 7.29. The lowest BCUT2D eigenvalue weighted by atomic mass is 9.94. The van der Waals surface area contributed by atoms with Crippen molar-refractivity contribution in [3.05, 3.63) is 41.5 Å². The van der Waals surface area contributed by atoms with Crippen LogP contribution in [0, 0.1) is 11.7 Å². The van der Waals surface area contributed by atoms with Crippen LogP contribution in [0.4, 0.5) is 10.3 Å². The molecule has 0 saturated heterocycles. The number of amides is 2. The average molecular weight is 398 g/mol. The van der Waals surface area contributed by atoms with Crippen LogP contribution in [0.2, 0.25) is 0 Å². The molecule has 4 rings (SSSR count). The number of carbonyl (C=O) groups excluding carboxylic acids is 2. The lowest BCUT2D eigenvalue weighted by molar-refractivity contribution is -0.119. The van der Waals surface area contributed by atoms with Gasteiger partial charge in [-0.05, 0) is 37.8 Å². The summed E-state index contributed by atoms with van der Waals surface area (Å²) in [5.74, 6) is -0.0811. The summed E-state index contributed by atoms with van der Waals surface area (Å²) in [6.45, 7) is 5.31. The van der Waals surface area contributed by atoms with Gasteiger partial charge in [-0.1, -0.05) is 0 Å². The predicted octanol–water partition coefficient (Wildman–Crippen LogP) is 2.34. The lowest BCUT2D eigenvalue weighted by Crippen LogP contribution is -2.32. The van der Waals surface area contributed by atoms with E-state index in [2.05, 4.69) is 20.7 Å². The highest BCUT2D eigenvalue weighted by Crippen LogP contribution is 2.25. The monoisotopic (exact) mass is 398 g/mol. The fraction of sp³-hybridized carbons (Fsp3) is 0.400. The highest BCUT2D eigenvalue weighted by Gasteiger charge is 2.26. The molecule has 1 aliphatic rings. The van der Waals surface area contributed by atoms with Crippen molar-refractivity contribution in [1.82, 2.24) is 24.6 Å². The number of benzene rings is 1. The minimum atomic E-state index is -0.368. The maximum Gasteiger partial charge on any atom is 0.261 e. The molecule has 0 aliphatic carbocycles. The number of aromatic nitrogens is 4. The normalized spacial score (nSPS) is 15.9. The largest absolute Gasteiger partial charge is 0.356 e. The molecule has 3 aromatic rings. The van der Waals surface area contributed by atoms with E-state index in [4.69, 9.17) is 0 Å². The Balaban J connectivity index is 1.57. The summed E-state index contributed by atoms with van der Waals surface area (Å²) >= 11 is 0. The molecule has 152 valence electrons. The standard InChI is InChI=1S/C20H23FN6O2/c1-3-26-17-5-4-14(21)9-16(17)24-20(26)25-19(29)15-11-23-27-7-6-13(8-18(15)27)10-22-12(2)28/h4-5,9,11,13H,3,6-8,10H2,1-2H3,(H,22,28)(H,24,25,29)/t13-/m1/s1. The molecular weight excluding hydrogens is 375 g/mol. The van der Waals surface area contributed by atoms with Gasteiger partial charge in [0.2, 0.25) is 11.9 Å². The Hall–Kier alpha value is -3.23. The fourth-order valence-corrected chi connectivity index (χ4v) is 3.84. The quantitative estimate of drug-likeness (QED) is 0.690. The number of aryl methyl sites for hydroxylation is 2. The maximum atomic E-state index is 13.5. The maximum absolute atomic E-state index is 13.5. The zero-order valence-electron chi connectivity index (χ0n) is 16.4. The highest BCUT2D eigenvalue weighted by molar-refractivity contribution is 6.04. The molecule has 0 spiro atoms. The third-order valence-corrected chi connectivity index (χ3v) is 5.32. The van der Waals surface area contributed by atoms with Gasteiger partial charge in [0, 0.05) is 32.6 Å². The first-order valence-corrected chi connectivity index (χ1v) is 9.72. The topological polar surface area (TPSA) is 93.8 Å². The molecule has 2 aromatic heterocycles. The number of rotatable bonds is 5. The Bertz CT molecular complexity index is 1090. The lowest BCUT2D eigenvalue weighted by Gasteiger charge is -2.24. The number of anilines is 1. The number of hydrogen-bond donors (Lipinski definition) is 2. The van der Waals surface area contributed by atoms with E-state index in [-0.39, 0.29) is 23.5 Å². The van der Waals surface area contributed by atoms with E-state index < -0.39 is 0 Å². The summed E-state index contributed by atoms with van der Waals surface area (Å²) in [5.41, 5.74) is 2.61. The minimum absolute atomic E-state index is 0.0584. The van der Waals surface area contributed by atoms with Crippen molar-refractivity contribution in [2.75, 3.05) is 11.9 Å². The van der Waals surface area contributed by atoms with Crippen LogP contribution in [0.1, 0.15) is 36.3 Å². The number of hydrogen-bond acceptors (Lipinski definition) is 4. The van der Waals surface area contributed by atoms with Crippen molar-refractivity contribution in [3.63, 3.8) is 0 Å². The van der Waals surface area contributed by atoms with Gasteiger partial charge in [-0.2, -0.15) is 5.10 Å². The van der Waals surface area contributed by atoms with Gasteiger partial charge in [-0.3, -0.25) is 19.6 Å². The summed E-state index contributed by atoms with van der Waals surface area (Å²) < 4.78 is 17.2. The molecule has 1 aromatic carbocycles. The smallest absolute Gasteiger partial charge is 0.261 e. The molecule has 0 saturated carbocycles. The van der Waals surface area contributed by atoms with Crippen LogP contribution in [-0.4, -0.2) is 37.7 Å². The minimum Gasteiger partial charge on any atom is -0.356 e. The SMILES string of the molecule is CCn1c(NC(=O)c2cnn3c2C[C@H](CNC(C)=O)CC3)nc2cc(F)ccc21. The number of carbonyl (C=O) groups is 2. The van der Waals surface area contributed by atoms with E-state index in [1.807, 2.05) is 16.2 Å². The summed E-state index contributed by atoms with van der Waals surface area (Å²) in [6.07, 6.45) is 3.13. The van der Waals surface area contributed by atoms with Crippen LogP contribution >= 0.6 is 0 Å². The average Bonchev–Trinajstić information content (AvgIpc) is 3.26. The van der Waals surface area contributed by atoms with Gasteiger partial charge in [0.1, 0.15) is 5.82 Å². The van der Waals surface area contributed by atoms with E-state index in [1.165, 1.54) is 19.1 Å². The fourth-order valence-electron chi connectivity index (χ4n) is 3.84. The third-order valence-electron chi connectivity index (χ3n) is 5.32. The van der Waals surface area contributed by atoms with Gasteiger partial charge in [0.15, 0.2) is 0 Å². The summed E-state index contributed by atoms with van der Waals surface area (Å²) in [6, 6.07) is 4.39. The number of fused-ring (bicyclic) bond motifs is 2. The Kier molecular flexibility index (Phi) is 5.04. The van der Waals surface area contributed by atoms with E-state index in [0.717, 1.165) is 17.6 Å². The molecule has 1 aliphatic heterocycles. The van der Waals surface area contributed by atoms with E-state index >= 15 is 0 Å². The first-order chi connectivity index (χ1) is 14.0. The Morgan fingerprint density at radius 3 is 2.93 bits per heavy atom. The van der Waals surface area contributed by atoms with E-state index in [1.54, 1.807) is 12.3 Å². The molecule has 0 radical (unpaired) electrons. The molecule has 3 heterocycles. The predicted molar refractivity (Wildman–Crippen MR) is 106 cm³/mol. The highest BCUT2D eigenvalue weighted by atomic mass is 19.1. The second-order valence-electron chi connectivity index (χ2n) is 7.29. The Morgan fingerprint density at radius 1 is 1.34 bits per heavy atom. The molecule has 0 bridgehead atoms. The second kappa shape index (κ2) is 7.65. The number of nitrogens with one attached hydrogen (secondary N) is 2. The number of halogens is 1. The van der Waals surface area contributed by atoms with Crippen molar-refractivity contribution in [2.45, 2.75) is 39.8 Å². The van der Waals surface area contributed by atoms with Gasteiger partial charge in [-0.25, -0.2) is 9.37 Å². The van der Waals surface area contributed by atoms with Crippen LogP contribution < -0.4 is 10.6 Å². The van der Waals surface area contributed by atoms with Crippen LogP contribution in [0.3, 0.4) is 0 Å². The van der Waals surface area contributed by atoms with Crippen molar-refractivity contribution >= 4 is 28.8 Å². The van der Waals surface area contributed by atoms with E-state index in [0.29, 0.717) is 43.1 Å². The van der Waals surface area contributed by atoms with Gasteiger partial charge in [0.25, 0.3) is 5.91 Å². The van der Waals surface area contributed by atoms with Crippen LogP contribution in [0.25, 0.3) is 11.0 Å². The van der Waals surface area contributed by atoms with Crippen molar-refractivity contribution in [1.29, 1.82) is 0 Å². The van der Waals surface area contributed by atoms with E-state index in [9.17, 15) is 14.0 Å². The molecular formula is C20H23FN6O2.